The molecule has 3 aliphatic rings. The van der Waals surface area contributed by atoms with Gasteiger partial charge in [0.2, 0.25) is 0 Å². The fourth-order valence-corrected chi connectivity index (χ4v) is 9.07. The summed E-state index contributed by atoms with van der Waals surface area (Å²) in [6.45, 7) is 32.5. The van der Waals surface area contributed by atoms with Crippen molar-refractivity contribution < 1.29 is 27.9 Å². The van der Waals surface area contributed by atoms with Gasteiger partial charge in [-0.1, -0.05) is 72.8 Å². The van der Waals surface area contributed by atoms with Gasteiger partial charge in [0.05, 0.1) is 24.0 Å². The minimum absolute atomic E-state index is 0.0614. The molecule has 1 heterocycles. The van der Waals surface area contributed by atoms with Gasteiger partial charge in [0.1, 0.15) is 12.2 Å². The van der Waals surface area contributed by atoms with E-state index in [4.69, 9.17) is 18.3 Å². The number of esters is 2. The lowest BCUT2D eigenvalue weighted by Crippen LogP contribution is -2.49. The number of carbonyl (C=O) groups excluding carboxylic acids is 2. The fraction of sp³-hybridized carbons (Fsp3) is 0.784. The molecule has 0 radical (unpaired) electrons. The molecule has 8 heteroatoms. The lowest BCUT2D eigenvalue weighted by atomic mass is 9.66. The Morgan fingerprint density at radius 3 is 2.16 bits per heavy atom. The molecule has 1 saturated heterocycles. The van der Waals surface area contributed by atoms with Crippen molar-refractivity contribution in [2.45, 2.75) is 162 Å². The highest BCUT2D eigenvalue weighted by Gasteiger charge is 2.47. The number of carbonyl (C=O) groups is 2. The number of ether oxygens (including phenoxy) is 2. The number of hydrogen-bond acceptors (Lipinski definition) is 6. The first kappa shape index (κ1) is 38.0. The summed E-state index contributed by atoms with van der Waals surface area (Å²) in [6, 6.07) is 0. The zero-order valence-electron chi connectivity index (χ0n) is 30.8. The molecular weight excluding hydrogens is 597 g/mol. The SMILES string of the molecule is C=CCC(C)(C)C(=O)O[C@H]1C[C@H](O[Si](C)(C)C(C)(C)C)C=C2C=C[C@H](C)[C@H](CC[C@@H]3C[C@@H](O[Si](C)(C)C(C)(C)C)CC(=O)O3)[C@H]21. The first-order chi connectivity index (χ1) is 20.5. The molecule has 2 aliphatic carbocycles. The average molecular weight is 661 g/mol. The van der Waals surface area contributed by atoms with E-state index in [1.807, 2.05) is 13.8 Å². The number of cyclic esters (lactones) is 1. The monoisotopic (exact) mass is 660 g/mol. The van der Waals surface area contributed by atoms with Crippen molar-refractivity contribution in [1.29, 1.82) is 0 Å². The Balaban J connectivity index is 1.86. The van der Waals surface area contributed by atoms with E-state index in [0.29, 0.717) is 25.2 Å². The van der Waals surface area contributed by atoms with E-state index in [1.165, 1.54) is 5.57 Å². The Morgan fingerprint density at radius 1 is 0.978 bits per heavy atom. The van der Waals surface area contributed by atoms with Gasteiger partial charge in [-0.2, -0.15) is 0 Å². The Kier molecular flexibility index (Phi) is 11.8. The van der Waals surface area contributed by atoms with Gasteiger partial charge < -0.3 is 18.3 Å². The molecule has 0 amide bonds. The molecule has 45 heavy (non-hydrogen) atoms. The molecule has 0 aromatic rings. The molecule has 6 nitrogen and oxygen atoms in total. The summed E-state index contributed by atoms with van der Waals surface area (Å²) in [7, 11) is -4.07. The zero-order chi connectivity index (χ0) is 34.2. The zero-order valence-corrected chi connectivity index (χ0v) is 32.8. The van der Waals surface area contributed by atoms with E-state index < -0.39 is 22.0 Å². The van der Waals surface area contributed by atoms with E-state index in [0.717, 1.165) is 19.3 Å². The lowest BCUT2D eigenvalue weighted by Gasteiger charge is -2.46. The summed E-state index contributed by atoms with van der Waals surface area (Å²) in [5.41, 5.74) is 0.548. The smallest absolute Gasteiger partial charge is 0.312 e. The van der Waals surface area contributed by atoms with Crippen LogP contribution in [-0.4, -0.2) is 53.0 Å². The molecule has 256 valence electrons. The van der Waals surface area contributed by atoms with Crippen molar-refractivity contribution in [2.24, 2.45) is 23.2 Å². The van der Waals surface area contributed by atoms with Crippen LogP contribution in [0.15, 0.2) is 36.5 Å². The van der Waals surface area contributed by atoms with E-state index >= 15 is 0 Å². The maximum absolute atomic E-state index is 13.6. The van der Waals surface area contributed by atoms with Crippen LogP contribution < -0.4 is 0 Å². The van der Waals surface area contributed by atoms with Crippen LogP contribution in [0.2, 0.25) is 36.3 Å². The molecule has 1 fully saturated rings. The molecule has 0 spiro atoms. The number of hydrogen-bond donors (Lipinski definition) is 0. The summed E-state index contributed by atoms with van der Waals surface area (Å²) >= 11 is 0. The molecule has 3 rings (SSSR count). The van der Waals surface area contributed by atoms with Gasteiger partial charge in [-0.25, -0.2) is 0 Å². The molecule has 0 bridgehead atoms. The number of allylic oxidation sites excluding steroid dienone is 3. The van der Waals surface area contributed by atoms with E-state index in [1.54, 1.807) is 6.08 Å². The molecular formula is C37H64O6Si2. The van der Waals surface area contributed by atoms with Crippen molar-refractivity contribution in [3.63, 3.8) is 0 Å². The lowest BCUT2D eigenvalue weighted by molar-refractivity contribution is -0.166. The van der Waals surface area contributed by atoms with Crippen LogP contribution in [0.4, 0.5) is 0 Å². The minimum Gasteiger partial charge on any atom is -0.462 e. The molecule has 0 N–H and O–H groups in total. The van der Waals surface area contributed by atoms with Crippen molar-refractivity contribution in [2.75, 3.05) is 0 Å². The maximum atomic E-state index is 13.6. The third kappa shape index (κ3) is 9.32. The predicted molar refractivity (Wildman–Crippen MR) is 189 cm³/mol. The molecule has 0 unspecified atom stereocenters. The highest BCUT2D eigenvalue weighted by molar-refractivity contribution is 6.74. The Hall–Kier alpha value is -1.49. The Bertz CT molecular complexity index is 1140. The van der Waals surface area contributed by atoms with E-state index in [2.05, 4.69) is 99.5 Å². The van der Waals surface area contributed by atoms with E-state index in [-0.39, 0.29) is 58.3 Å². The quantitative estimate of drug-likeness (QED) is 0.125. The molecule has 0 aromatic heterocycles. The van der Waals surface area contributed by atoms with Crippen LogP contribution in [0.25, 0.3) is 0 Å². The van der Waals surface area contributed by atoms with Gasteiger partial charge >= 0.3 is 11.9 Å². The Labute approximate surface area is 277 Å². The summed E-state index contributed by atoms with van der Waals surface area (Å²) in [5.74, 6) is 0.257. The average Bonchev–Trinajstić information content (AvgIpc) is 2.86. The second-order valence-corrected chi connectivity index (χ2v) is 27.2. The first-order valence-electron chi connectivity index (χ1n) is 17.2. The normalized spacial score (nSPS) is 29.8. The van der Waals surface area contributed by atoms with Crippen molar-refractivity contribution in [1.82, 2.24) is 0 Å². The van der Waals surface area contributed by atoms with Crippen LogP contribution in [0.5, 0.6) is 0 Å². The third-order valence-electron chi connectivity index (χ3n) is 11.4. The van der Waals surface area contributed by atoms with Crippen molar-refractivity contribution in [3.05, 3.63) is 36.5 Å². The van der Waals surface area contributed by atoms with Crippen LogP contribution in [0.3, 0.4) is 0 Å². The number of fused-ring (bicyclic) bond motifs is 1. The second-order valence-electron chi connectivity index (χ2n) is 17.7. The van der Waals surface area contributed by atoms with Crippen LogP contribution in [-0.2, 0) is 27.9 Å². The second kappa shape index (κ2) is 13.9. The standard InChI is InChI=1S/C37H64O6Si2/c1-15-20-37(9,10)34(39)41-31-23-28(42-44(11,12)35(3,4)5)21-26-17-16-25(2)30(33(26)31)19-18-27-22-29(24-32(38)40-27)43-45(13,14)36(6,7)8/h15-17,21,25,27-31,33H,1,18-20,22-24H2,2-14H3/t25-,27+,28+,29+,30-,31-,33-/m0/s1. The van der Waals surface area contributed by atoms with Gasteiger partial charge in [-0.05, 0) is 86.8 Å². The first-order valence-corrected chi connectivity index (χ1v) is 23.1. The van der Waals surface area contributed by atoms with Crippen molar-refractivity contribution in [3.8, 4) is 0 Å². The summed E-state index contributed by atoms with van der Waals surface area (Å²) < 4.78 is 25.9. The van der Waals surface area contributed by atoms with Crippen LogP contribution in [0, 0.1) is 23.2 Å². The highest BCUT2D eigenvalue weighted by Crippen LogP contribution is 2.47. The maximum Gasteiger partial charge on any atom is 0.312 e. The van der Waals surface area contributed by atoms with Gasteiger partial charge in [0, 0.05) is 18.8 Å². The number of rotatable bonds is 11. The van der Waals surface area contributed by atoms with Gasteiger partial charge in [0.15, 0.2) is 16.6 Å². The molecule has 7 atom stereocenters. The topological polar surface area (TPSA) is 71.1 Å². The van der Waals surface area contributed by atoms with E-state index in [9.17, 15) is 9.59 Å². The van der Waals surface area contributed by atoms with Crippen LogP contribution >= 0.6 is 0 Å². The predicted octanol–water partition coefficient (Wildman–Crippen LogP) is 9.54. The summed E-state index contributed by atoms with van der Waals surface area (Å²) in [4.78, 5) is 26.3. The largest absolute Gasteiger partial charge is 0.462 e. The fourth-order valence-electron chi connectivity index (χ4n) is 6.43. The van der Waals surface area contributed by atoms with Crippen LogP contribution in [0.1, 0.15) is 101 Å². The van der Waals surface area contributed by atoms with Crippen molar-refractivity contribution >= 4 is 28.6 Å². The van der Waals surface area contributed by atoms with Gasteiger partial charge in [0.25, 0.3) is 0 Å². The Morgan fingerprint density at radius 2 is 1.58 bits per heavy atom. The third-order valence-corrected chi connectivity index (χ3v) is 20.4. The summed E-state index contributed by atoms with van der Waals surface area (Å²) in [6.07, 6.45) is 11.8. The molecule has 0 saturated carbocycles. The minimum atomic E-state index is -2.06. The van der Waals surface area contributed by atoms with Gasteiger partial charge in [-0.15, -0.1) is 6.58 Å². The van der Waals surface area contributed by atoms with Gasteiger partial charge in [-0.3, -0.25) is 9.59 Å². The summed E-state index contributed by atoms with van der Waals surface area (Å²) in [5, 5.41) is 0.153. The highest BCUT2D eigenvalue weighted by atomic mass is 28.4. The molecule has 0 aromatic carbocycles. The molecule has 1 aliphatic heterocycles.